The number of aliphatic hydroxyl groups excluding tert-OH is 1. The summed E-state index contributed by atoms with van der Waals surface area (Å²) in [5, 5.41) is 28.3. The van der Waals surface area contributed by atoms with Crippen LogP contribution in [-0.4, -0.2) is 80.0 Å². The second-order valence-corrected chi connectivity index (χ2v) is 15.0. The topological polar surface area (TPSA) is 170 Å². The van der Waals surface area contributed by atoms with Crippen molar-refractivity contribution in [3.63, 3.8) is 0 Å². The first-order valence-corrected chi connectivity index (χ1v) is 17.7. The van der Waals surface area contributed by atoms with Crippen LogP contribution < -0.4 is 16.1 Å². The molecule has 0 radical (unpaired) electrons. The zero-order valence-corrected chi connectivity index (χ0v) is 28.8. The van der Waals surface area contributed by atoms with E-state index in [1.165, 1.54) is 17.1 Å². The van der Waals surface area contributed by atoms with Gasteiger partial charge in [-0.3, -0.25) is 29.2 Å². The molecule has 5 rings (SSSR count). The van der Waals surface area contributed by atoms with Gasteiger partial charge >= 0.3 is 5.97 Å². The number of fused-ring (bicyclic) bond motifs is 1. The van der Waals surface area contributed by atoms with Crippen LogP contribution in [0.25, 0.3) is 17.0 Å². The lowest BCUT2D eigenvalue weighted by Gasteiger charge is -2.35. The van der Waals surface area contributed by atoms with Gasteiger partial charge in [-0.2, -0.15) is 0 Å². The number of carboxylic acids is 1. The van der Waals surface area contributed by atoms with E-state index in [0.29, 0.717) is 49.6 Å². The fourth-order valence-electron chi connectivity index (χ4n) is 6.21. The third-order valence-electron chi connectivity index (χ3n) is 9.28. The Kier molecular flexibility index (Phi) is 11.4. The number of hydrazine groups is 1. The van der Waals surface area contributed by atoms with E-state index in [1.807, 2.05) is 57.2 Å². The van der Waals surface area contributed by atoms with Gasteiger partial charge in [-0.05, 0) is 94.5 Å². The summed E-state index contributed by atoms with van der Waals surface area (Å²) in [6.07, 6.45) is 6.78. The van der Waals surface area contributed by atoms with Crippen LogP contribution in [0.2, 0.25) is 0 Å². The van der Waals surface area contributed by atoms with Crippen molar-refractivity contribution in [2.45, 2.75) is 108 Å². The summed E-state index contributed by atoms with van der Waals surface area (Å²) in [6.45, 7) is 7.89. The molecule has 2 unspecified atom stereocenters. The standard InChI is InChI=1S/C35H47N5O7S/c1-20(2)48-47-26-14-16-35(19-26,34(45)46)15-13-23-7-8-24-11-12-27(38-29(24)18-23)21(3)36-31(42)28-6-5-17-40(39-28)33(44)22(4)37-32(43)30(41)25-9-10-25/h7-8,11-13,15,18,20-22,25-26,28,30,39,41H,5-6,9-10,14,16-17,19H2,1-4H3,(H,36,42)(H,37,43)(H,45,46)/b15-13+/t21-,22+,26?,28+,30+,35?/m1/s1. The van der Waals surface area contributed by atoms with Crippen LogP contribution in [0.4, 0.5) is 0 Å². The van der Waals surface area contributed by atoms with Gasteiger partial charge in [0.1, 0.15) is 18.2 Å². The Morgan fingerprint density at radius 1 is 1.08 bits per heavy atom. The van der Waals surface area contributed by atoms with E-state index in [4.69, 9.17) is 9.17 Å². The molecule has 1 aliphatic heterocycles. The number of aromatic nitrogens is 1. The summed E-state index contributed by atoms with van der Waals surface area (Å²) in [4.78, 5) is 55.7. The molecule has 2 aromatic rings. The Bertz CT molecular complexity index is 1550. The molecule has 1 aromatic heterocycles. The van der Waals surface area contributed by atoms with Crippen molar-refractivity contribution in [3.05, 3.63) is 47.7 Å². The number of rotatable bonds is 13. The highest BCUT2D eigenvalue weighted by atomic mass is 32.2. The van der Waals surface area contributed by atoms with E-state index in [1.54, 1.807) is 13.0 Å². The number of carbonyl (C=O) groups excluding carboxylic acids is 3. The maximum absolute atomic E-state index is 13.3. The summed E-state index contributed by atoms with van der Waals surface area (Å²) in [5.74, 6) is -2.10. The predicted octanol–water partition coefficient (Wildman–Crippen LogP) is 3.89. The lowest BCUT2D eigenvalue weighted by Crippen LogP contribution is -2.61. The Morgan fingerprint density at radius 3 is 2.54 bits per heavy atom. The normalized spacial score (nSPS) is 24.8. The first-order chi connectivity index (χ1) is 22.8. The van der Waals surface area contributed by atoms with Crippen molar-refractivity contribution in [2.24, 2.45) is 11.3 Å². The molecule has 13 heteroatoms. The number of carbonyl (C=O) groups is 4. The van der Waals surface area contributed by atoms with E-state index in [9.17, 15) is 29.4 Å². The maximum atomic E-state index is 13.3. The fraction of sp³-hybridized carbons (Fsp3) is 0.571. The molecule has 6 atom stereocenters. The second kappa shape index (κ2) is 15.4. The maximum Gasteiger partial charge on any atom is 0.313 e. The number of aliphatic hydroxyl groups is 1. The summed E-state index contributed by atoms with van der Waals surface area (Å²) < 4.78 is 5.87. The largest absolute Gasteiger partial charge is 0.481 e. The van der Waals surface area contributed by atoms with Gasteiger partial charge in [-0.25, -0.2) is 5.43 Å². The van der Waals surface area contributed by atoms with Crippen molar-refractivity contribution in [3.8, 4) is 0 Å². The van der Waals surface area contributed by atoms with E-state index < -0.39 is 41.5 Å². The average Bonchev–Trinajstić information content (AvgIpc) is 3.84. The van der Waals surface area contributed by atoms with Gasteiger partial charge in [-0.15, -0.1) is 0 Å². The molecule has 1 aromatic carbocycles. The van der Waals surface area contributed by atoms with Gasteiger partial charge in [0.15, 0.2) is 0 Å². The van der Waals surface area contributed by atoms with Gasteiger partial charge in [0, 0.05) is 17.2 Å². The highest BCUT2D eigenvalue weighted by molar-refractivity contribution is 7.95. The van der Waals surface area contributed by atoms with Crippen LogP contribution in [0.1, 0.15) is 89.9 Å². The second-order valence-electron chi connectivity index (χ2n) is 13.6. The number of aliphatic carboxylic acids is 1. The van der Waals surface area contributed by atoms with Crippen molar-refractivity contribution in [1.82, 2.24) is 26.1 Å². The molecule has 0 bridgehead atoms. The van der Waals surface area contributed by atoms with Crippen molar-refractivity contribution in [2.75, 3.05) is 6.54 Å². The molecule has 12 nitrogen and oxygen atoms in total. The van der Waals surface area contributed by atoms with Crippen molar-refractivity contribution < 1.29 is 33.6 Å². The molecule has 2 heterocycles. The summed E-state index contributed by atoms with van der Waals surface area (Å²) >= 11 is 1.39. The monoisotopic (exact) mass is 681 g/mol. The third-order valence-corrected chi connectivity index (χ3v) is 10.1. The van der Waals surface area contributed by atoms with Crippen molar-refractivity contribution >= 4 is 52.7 Å². The minimum absolute atomic E-state index is 0.0396. The lowest BCUT2D eigenvalue weighted by atomic mass is 9.85. The van der Waals surface area contributed by atoms with Gasteiger partial charge in [0.2, 0.25) is 11.8 Å². The summed E-state index contributed by atoms with van der Waals surface area (Å²) in [7, 11) is 0. The van der Waals surface area contributed by atoms with E-state index >= 15 is 0 Å². The predicted molar refractivity (Wildman–Crippen MR) is 183 cm³/mol. The van der Waals surface area contributed by atoms with Crippen molar-refractivity contribution in [1.29, 1.82) is 0 Å². The quantitative estimate of drug-likeness (QED) is 0.196. The number of amides is 3. The zero-order chi connectivity index (χ0) is 34.6. The highest BCUT2D eigenvalue weighted by Gasteiger charge is 2.44. The molecular weight excluding hydrogens is 634 g/mol. The first kappa shape index (κ1) is 35.8. The number of pyridine rings is 1. The van der Waals surface area contributed by atoms with Gasteiger partial charge in [-0.1, -0.05) is 44.2 Å². The minimum Gasteiger partial charge on any atom is -0.481 e. The minimum atomic E-state index is -1.11. The molecule has 0 spiro atoms. The molecule has 3 fully saturated rings. The number of nitrogens with zero attached hydrogens (tertiary/aromatic N) is 2. The molecule has 3 aliphatic rings. The number of hydrogen-bond donors (Lipinski definition) is 5. The third kappa shape index (κ3) is 8.73. The van der Waals surface area contributed by atoms with Gasteiger partial charge in [0.05, 0.1) is 28.8 Å². The van der Waals surface area contributed by atoms with Gasteiger partial charge < -0.3 is 25.0 Å². The van der Waals surface area contributed by atoms with E-state index in [0.717, 1.165) is 29.3 Å². The Morgan fingerprint density at radius 2 is 1.83 bits per heavy atom. The average molecular weight is 682 g/mol. The SMILES string of the molecule is CC(C)SOC1CCC(/C=C/c2ccc3ccc([C@@H](C)NC(=O)[C@@H]4CCCN(C(=O)[C@H](C)NC(=O)[C@@H](O)C5CC5)N4)nc3c2)(C(=O)O)C1. The zero-order valence-electron chi connectivity index (χ0n) is 28.0. The summed E-state index contributed by atoms with van der Waals surface area (Å²) in [5.41, 5.74) is 4.23. The fourth-order valence-corrected chi connectivity index (χ4v) is 6.75. The van der Waals surface area contributed by atoms with Crippen LogP contribution in [0.5, 0.6) is 0 Å². The highest BCUT2D eigenvalue weighted by Crippen LogP contribution is 2.43. The number of hydrogen-bond acceptors (Lipinski definition) is 9. The molecule has 1 saturated heterocycles. The van der Waals surface area contributed by atoms with Crippen LogP contribution in [0.3, 0.4) is 0 Å². The molecule has 2 aliphatic carbocycles. The Labute approximate surface area is 285 Å². The molecule has 5 N–H and O–H groups in total. The Hall–Kier alpha value is -3.52. The van der Waals surface area contributed by atoms with Crippen LogP contribution in [0, 0.1) is 11.3 Å². The van der Waals surface area contributed by atoms with E-state index in [2.05, 4.69) is 16.1 Å². The van der Waals surface area contributed by atoms with Crippen LogP contribution in [-0.2, 0) is 23.4 Å². The number of nitrogens with one attached hydrogen (secondary N) is 3. The Balaban J connectivity index is 1.19. The molecule has 48 heavy (non-hydrogen) atoms. The van der Waals surface area contributed by atoms with E-state index in [-0.39, 0.29) is 23.8 Å². The summed E-state index contributed by atoms with van der Waals surface area (Å²) in [6, 6.07) is 7.66. The smallest absolute Gasteiger partial charge is 0.313 e. The molecule has 260 valence electrons. The molecule has 2 saturated carbocycles. The first-order valence-electron chi connectivity index (χ1n) is 16.9. The van der Waals surface area contributed by atoms with Crippen LogP contribution >= 0.6 is 12.0 Å². The lowest BCUT2D eigenvalue weighted by molar-refractivity contribution is -0.146. The van der Waals surface area contributed by atoms with Gasteiger partial charge in [0.25, 0.3) is 5.91 Å². The molecular formula is C35H47N5O7S. The van der Waals surface area contributed by atoms with Crippen LogP contribution in [0.15, 0.2) is 36.4 Å². The molecule has 3 amide bonds. The number of benzene rings is 1. The number of carboxylic acid groups (broad SMARTS) is 1.